The number of rotatable bonds is 7. The summed E-state index contributed by atoms with van der Waals surface area (Å²) in [6.45, 7) is 7.29. The van der Waals surface area contributed by atoms with Crippen molar-refractivity contribution in [1.82, 2.24) is 29.3 Å². The van der Waals surface area contributed by atoms with Gasteiger partial charge in [0.1, 0.15) is 6.61 Å². The fourth-order valence-corrected chi connectivity index (χ4v) is 5.29. The van der Waals surface area contributed by atoms with Crippen molar-refractivity contribution >= 4 is 16.9 Å². The van der Waals surface area contributed by atoms with Gasteiger partial charge in [-0.1, -0.05) is 12.1 Å². The molecule has 2 aliphatic heterocycles. The first-order valence-electron chi connectivity index (χ1n) is 11.9. The lowest BCUT2D eigenvalue weighted by atomic mass is 9.92. The van der Waals surface area contributed by atoms with Gasteiger partial charge in [-0.15, -0.1) is 0 Å². The van der Waals surface area contributed by atoms with Gasteiger partial charge in [0, 0.05) is 56.1 Å². The summed E-state index contributed by atoms with van der Waals surface area (Å²) in [5.41, 5.74) is 5.71. The van der Waals surface area contributed by atoms with Crippen LogP contribution >= 0.6 is 0 Å². The number of hydrogen-bond acceptors (Lipinski definition) is 8. The van der Waals surface area contributed by atoms with E-state index in [0.717, 1.165) is 36.3 Å². The Labute approximate surface area is 212 Å². The molecule has 0 bridgehead atoms. The minimum atomic E-state index is -2.65. The maximum absolute atomic E-state index is 11.9. The standard InChI is InChI=1S/C25H30N6O4S/c1-16-10-30(14-23(27-16)20-7-8-21-22(17(20)2)15-35-25(21)32)11-18-9-26-31(12-18)24-6-4-5-19(28-24)13-29(3)36(33)34/h4-9,12,16,23,27,36H,10-11,13-15H2,1-3H3/t16-,23-/m0/s1. The lowest BCUT2D eigenvalue weighted by molar-refractivity contribution is 0.0535. The molecule has 5 rings (SSSR count). The second-order valence-corrected chi connectivity index (χ2v) is 10.7. The van der Waals surface area contributed by atoms with E-state index in [9.17, 15) is 13.2 Å². The van der Waals surface area contributed by atoms with Crippen molar-refractivity contribution < 1.29 is 17.9 Å². The normalized spacial score (nSPS) is 20.2. The van der Waals surface area contributed by atoms with E-state index in [2.05, 4.69) is 34.1 Å². The second-order valence-electron chi connectivity index (χ2n) is 9.53. The number of carbonyl (C=O) groups excluding carboxylic acids is 1. The Kier molecular flexibility index (Phi) is 6.89. The minimum Gasteiger partial charge on any atom is -0.457 e. The number of hydrogen-bond donors (Lipinski definition) is 2. The molecule has 36 heavy (non-hydrogen) atoms. The average molecular weight is 511 g/mol. The van der Waals surface area contributed by atoms with Crippen LogP contribution in [0.1, 0.15) is 51.3 Å². The van der Waals surface area contributed by atoms with Crippen LogP contribution in [0.5, 0.6) is 0 Å². The van der Waals surface area contributed by atoms with Gasteiger partial charge in [-0.25, -0.2) is 27.2 Å². The molecule has 0 amide bonds. The molecule has 0 saturated carbocycles. The fraction of sp³-hybridized carbons (Fsp3) is 0.400. The highest BCUT2D eigenvalue weighted by Gasteiger charge is 2.30. The van der Waals surface area contributed by atoms with E-state index in [1.54, 1.807) is 10.7 Å². The second kappa shape index (κ2) is 10.1. The predicted octanol–water partition coefficient (Wildman–Crippen LogP) is 1.74. The first-order valence-corrected chi connectivity index (χ1v) is 13.0. The third-order valence-electron chi connectivity index (χ3n) is 6.78. The van der Waals surface area contributed by atoms with Crippen molar-refractivity contribution in [1.29, 1.82) is 0 Å². The van der Waals surface area contributed by atoms with Crippen LogP contribution in [0.15, 0.2) is 42.7 Å². The zero-order chi connectivity index (χ0) is 25.4. The monoisotopic (exact) mass is 510 g/mol. The van der Waals surface area contributed by atoms with E-state index < -0.39 is 10.9 Å². The lowest BCUT2D eigenvalue weighted by Crippen LogP contribution is -2.50. The van der Waals surface area contributed by atoms with Gasteiger partial charge in [-0.05, 0) is 43.2 Å². The summed E-state index contributed by atoms with van der Waals surface area (Å²) >= 11 is 0. The molecule has 0 radical (unpaired) electrons. The maximum atomic E-state index is 11.9. The highest BCUT2D eigenvalue weighted by atomic mass is 32.2. The van der Waals surface area contributed by atoms with Gasteiger partial charge in [0.25, 0.3) is 0 Å². The van der Waals surface area contributed by atoms with Crippen LogP contribution in [-0.2, 0) is 35.3 Å². The maximum Gasteiger partial charge on any atom is 0.338 e. The number of nitrogens with zero attached hydrogens (tertiary/aromatic N) is 5. The Morgan fingerprint density at radius 1 is 1.22 bits per heavy atom. The molecule has 10 nitrogen and oxygen atoms in total. The van der Waals surface area contributed by atoms with Gasteiger partial charge >= 0.3 is 5.97 Å². The van der Waals surface area contributed by atoms with E-state index in [4.69, 9.17) is 4.74 Å². The Hall–Kier alpha value is -3.12. The van der Waals surface area contributed by atoms with Gasteiger partial charge in [0.15, 0.2) is 5.82 Å². The summed E-state index contributed by atoms with van der Waals surface area (Å²) in [5, 5.41) is 8.20. The van der Waals surface area contributed by atoms with Gasteiger partial charge in [-0.3, -0.25) is 4.90 Å². The van der Waals surface area contributed by atoms with E-state index in [-0.39, 0.29) is 18.6 Å². The minimum absolute atomic E-state index is 0.146. The smallest absolute Gasteiger partial charge is 0.338 e. The summed E-state index contributed by atoms with van der Waals surface area (Å²) in [5.74, 6) is 0.404. The highest BCUT2D eigenvalue weighted by Crippen LogP contribution is 2.31. The third-order valence-corrected chi connectivity index (χ3v) is 7.48. The van der Waals surface area contributed by atoms with Crippen LogP contribution in [0.25, 0.3) is 5.82 Å². The Morgan fingerprint density at radius 3 is 2.86 bits per heavy atom. The number of pyridine rings is 1. The van der Waals surface area contributed by atoms with Crippen LogP contribution in [0.2, 0.25) is 0 Å². The molecule has 1 fully saturated rings. The third kappa shape index (κ3) is 5.05. The fourth-order valence-electron chi connectivity index (χ4n) is 5.03. The Morgan fingerprint density at radius 2 is 2.06 bits per heavy atom. The van der Waals surface area contributed by atoms with Gasteiger partial charge < -0.3 is 10.1 Å². The average Bonchev–Trinajstić information content (AvgIpc) is 3.46. The molecule has 0 spiro atoms. The topological polar surface area (TPSA) is 110 Å². The highest BCUT2D eigenvalue weighted by molar-refractivity contribution is 7.69. The first kappa shape index (κ1) is 24.6. The molecule has 1 aromatic carbocycles. The SMILES string of the molecule is Cc1c([C@@H]2CN(Cc3cnn(-c4cccc(CN(C)[SH](=O)=O)n4)c3)C[C@H](C)N2)ccc2c1COC2=O. The van der Waals surface area contributed by atoms with E-state index in [1.165, 1.54) is 16.9 Å². The van der Waals surface area contributed by atoms with E-state index >= 15 is 0 Å². The van der Waals surface area contributed by atoms with Crippen LogP contribution in [0.3, 0.4) is 0 Å². The van der Waals surface area contributed by atoms with Crippen LogP contribution < -0.4 is 5.32 Å². The molecule has 1 N–H and O–H groups in total. The van der Waals surface area contributed by atoms with Crippen molar-refractivity contribution in [3.8, 4) is 5.82 Å². The van der Waals surface area contributed by atoms with E-state index in [0.29, 0.717) is 29.7 Å². The number of esters is 1. The molecular weight excluding hydrogens is 480 g/mol. The van der Waals surface area contributed by atoms with Crippen molar-refractivity contribution in [2.24, 2.45) is 0 Å². The lowest BCUT2D eigenvalue weighted by Gasteiger charge is -2.38. The molecule has 4 heterocycles. The van der Waals surface area contributed by atoms with Crippen molar-refractivity contribution in [2.75, 3.05) is 20.1 Å². The molecular formula is C25H30N6O4S. The number of ether oxygens (including phenoxy) is 1. The molecule has 190 valence electrons. The summed E-state index contributed by atoms with van der Waals surface area (Å²) < 4.78 is 30.5. The molecule has 2 aromatic heterocycles. The molecule has 2 atom stereocenters. The van der Waals surface area contributed by atoms with Crippen molar-refractivity contribution in [3.05, 3.63) is 76.2 Å². The molecule has 3 aromatic rings. The summed E-state index contributed by atoms with van der Waals surface area (Å²) in [6, 6.07) is 9.88. The number of aromatic nitrogens is 3. The van der Waals surface area contributed by atoms with Gasteiger partial charge in [-0.2, -0.15) is 5.10 Å². The quantitative estimate of drug-likeness (QED) is 0.366. The number of fused-ring (bicyclic) bond motifs is 1. The molecule has 11 heteroatoms. The van der Waals surface area contributed by atoms with Gasteiger partial charge in [0.05, 0.1) is 24.0 Å². The van der Waals surface area contributed by atoms with Crippen LogP contribution in [0.4, 0.5) is 0 Å². The first-order chi connectivity index (χ1) is 17.3. The zero-order valence-corrected chi connectivity index (χ0v) is 21.4. The zero-order valence-electron chi connectivity index (χ0n) is 20.5. The molecule has 2 aliphatic rings. The number of piperazine rings is 1. The summed E-state index contributed by atoms with van der Waals surface area (Å²) in [6.07, 6.45) is 3.82. The Balaban J connectivity index is 1.29. The Bertz CT molecular complexity index is 1360. The van der Waals surface area contributed by atoms with Crippen molar-refractivity contribution in [3.63, 3.8) is 0 Å². The number of nitrogens with one attached hydrogen (secondary N) is 1. The molecule has 0 unspecified atom stereocenters. The number of benzene rings is 1. The predicted molar refractivity (Wildman–Crippen MR) is 134 cm³/mol. The molecule has 1 saturated heterocycles. The molecule has 0 aliphatic carbocycles. The van der Waals surface area contributed by atoms with E-state index in [1.807, 2.05) is 36.7 Å². The van der Waals surface area contributed by atoms with Crippen molar-refractivity contribution in [2.45, 2.75) is 45.6 Å². The summed E-state index contributed by atoms with van der Waals surface area (Å²) in [7, 11) is -1.13. The van der Waals surface area contributed by atoms with Crippen LogP contribution in [0, 0.1) is 6.92 Å². The number of carbonyl (C=O) groups is 1. The largest absolute Gasteiger partial charge is 0.457 e. The van der Waals surface area contributed by atoms with Gasteiger partial charge in [0.2, 0.25) is 10.9 Å². The number of cyclic esters (lactones) is 1. The number of thiol groups is 1. The summed E-state index contributed by atoms with van der Waals surface area (Å²) in [4.78, 5) is 18.9. The van der Waals surface area contributed by atoms with Crippen LogP contribution in [-0.4, -0.2) is 64.5 Å².